The monoisotopic (exact) mass is 420 g/mol. The molecular formula is C22H28S4. The Morgan fingerprint density at radius 3 is 1.65 bits per heavy atom. The van der Waals surface area contributed by atoms with E-state index >= 15 is 0 Å². The van der Waals surface area contributed by atoms with Crippen molar-refractivity contribution in [3.63, 3.8) is 0 Å². The zero-order valence-corrected chi connectivity index (χ0v) is 18.8. The van der Waals surface area contributed by atoms with Crippen molar-refractivity contribution in [3.8, 4) is 9.75 Å². The van der Waals surface area contributed by atoms with Gasteiger partial charge in [0.25, 0.3) is 0 Å². The molecule has 0 amide bonds. The van der Waals surface area contributed by atoms with Crippen molar-refractivity contribution in [3.05, 3.63) is 55.9 Å². The fourth-order valence-corrected chi connectivity index (χ4v) is 6.40. The van der Waals surface area contributed by atoms with E-state index in [4.69, 9.17) is 0 Å². The zero-order valence-electron chi connectivity index (χ0n) is 15.5. The maximum absolute atomic E-state index is 4.36. The lowest BCUT2D eigenvalue weighted by Gasteiger charge is -2.01. The maximum atomic E-state index is 4.36. The Bertz CT molecular complexity index is 778. The molecule has 0 spiro atoms. The summed E-state index contributed by atoms with van der Waals surface area (Å²) in [6.45, 7) is 2.20. The quantitative estimate of drug-likeness (QED) is 0.233. The summed E-state index contributed by atoms with van der Waals surface area (Å²) in [5, 5.41) is 0. The molecule has 0 aliphatic rings. The van der Waals surface area contributed by atoms with Crippen LogP contribution in [0.25, 0.3) is 9.75 Å². The normalized spacial score (nSPS) is 11.3. The summed E-state index contributed by atoms with van der Waals surface area (Å²) in [6, 6.07) is 13.6. The van der Waals surface area contributed by atoms with Gasteiger partial charge in [-0.25, -0.2) is 0 Å². The van der Waals surface area contributed by atoms with Gasteiger partial charge in [0.05, 0.1) is 0 Å². The number of hydrogen-bond acceptors (Lipinski definition) is 4. The molecule has 0 aromatic carbocycles. The van der Waals surface area contributed by atoms with E-state index in [2.05, 4.69) is 56.0 Å². The summed E-state index contributed by atoms with van der Waals surface area (Å²) in [5.41, 5.74) is 0. The summed E-state index contributed by atoms with van der Waals surface area (Å²) in [7, 11) is 0. The molecule has 0 atom stereocenters. The van der Waals surface area contributed by atoms with Gasteiger partial charge in [-0.2, -0.15) is 12.6 Å². The molecular weight excluding hydrogens is 393 g/mol. The molecule has 0 saturated carbocycles. The zero-order chi connectivity index (χ0) is 18.2. The number of unbranched alkanes of at least 4 members (excludes halogenated alkanes) is 5. The van der Waals surface area contributed by atoms with Crippen LogP contribution in [-0.4, -0.2) is 0 Å². The first-order valence-electron chi connectivity index (χ1n) is 9.58. The van der Waals surface area contributed by atoms with Crippen LogP contribution in [0.15, 0.2) is 36.4 Å². The number of thiophene rings is 3. The molecule has 3 aromatic rings. The number of thiol groups is 1. The van der Waals surface area contributed by atoms with Crippen molar-refractivity contribution in [2.75, 3.05) is 0 Å². The Kier molecular flexibility index (Phi) is 8.31. The molecule has 26 heavy (non-hydrogen) atoms. The van der Waals surface area contributed by atoms with Crippen LogP contribution in [0, 0.1) is 6.92 Å². The highest BCUT2D eigenvalue weighted by Crippen LogP contribution is 2.34. The van der Waals surface area contributed by atoms with Crippen molar-refractivity contribution < 1.29 is 0 Å². The topological polar surface area (TPSA) is 0 Å². The van der Waals surface area contributed by atoms with E-state index in [1.807, 2.05) is 34.0 Å². The van der Waals surface area contributed by atoms with Crippen molar-refractivity contribution in [2.24, 2.45) is 0 Å². The van der Waals surface area contributed by atoms with Crippen LogP contribution < -0.4 is 0 Å². The first kappa shape index (κ1) is 20.2. The van der Waals surface area contributed by atoms with Gasteiger partial charge >= 0.3 is 0 Å². The van der Waals surface area contributed by atoms with Gasteiger partial charge < -0.3 is 0 Å². The molecule has 0 bridgehead atoms. The summed E-state index contributed by atoms with van der Waals surface area (Å²) in [5.74, 6) is 0.843. The van der Waals surface area contributed by atoms with Gasteiger partial charge in [-0.1, -0.05) is 25.7 Å². The average molecular weight is 421 g/mol. The minimum atomic E-state index is 0.843. The number of aryl methyl sites for hydroxylation is 3. The molecule has 3 heterocycles. The summed E-state index contributed by atoms with van der Waals surface area (Å²) >= 11 is 10.2. The van der Waals surface area contributed by atoms with Crippen molar-refractivity contribution in [1.29, 1.82) is 0 Å². The summed E-state index contributed by atoms with van der Waals surface area (Å²) in [4.78, 5) is 8.70. The van der Waals surface area contributed by atoms with E-state index in [0.29, 0.717) is 0 Å². The van der Waals surface area contributed by atoms with E-state index in [0.717, 1.165) is 5.75 Å². The van der Waals surface area contributed by atoms with Gasteiger partial charge in [-0.3, -0.25) is 0 Å². The highest BCUT2D eigenvalue weighted by molar-refractivity contribution is 7.79. The second-order valence-corrected chi connectivity index (χ2v) is 10.8. The molecule has 0 fully saturated rings. The third-order valence-electron chi connectivity index (χ3n) is 4.61. The van der Waals surface area contributed by atoms with Crippen molar-refractivity contribution in [2.45, 2.75) is 64.0 Å². The molecule has 0 unspecified atom stereocenters. The van der Waals surface area contributed by atoms with Gasteiger partial charge in [0, 0.05) is 35.0 Å². The minimum Gasteiger partial charge on any atom is -0.174 e. The first-order valence-corrected chi connectivity index (χ1v) is 12.7. The van der Waals surface area contributed by atoms with Gasteiger partial charge in [0.2, 0.25) is 0 Å². The van der Waals surface area contributed by atoms with E-state index in [1.165, 1.54) is 75.8 Å². The molecule has 0 nitrogen and oxygen atoms in total. The molecule has 3 rings (SSSR count). The van der Waals surface area contributed by atoms with Crippen LogP contribution in [-0.2, 0) is 18.6 Å². The fourth-order valence-electron chi connectivity index (χ4n) is 3.17. The highest BCUT2D eigenvalue weighted by Gasteiger charge is 2.06. The molecule has 0 aliphatic carbocycles. The summed E-state index contributed by atoms with van der Waals surface area (Å²) < 4.78 is 0. The maximum Gasteiger partial charge on any atom is 0.0445 e. The largest absolute Gasteiger partial charge is 0.174 e. The highest BCUT2D eigenvalue weighted by atomic mass is 32.1. The predicted octanol–water partition coefficient (Wildman–Crippen LogP) is 8.40. The Hall–Kier alpha value is -0.550. The lowest BCUT2D eigenvalue weighted by molar-refractivity contribution is 0.596. The number of rotatable bonds is 11. The Morgan fingerprint density at radius 1 is 0.615 bits per heavy atom. The number of hydrogen-bond donors (Lipinski definition) is 1. The van der Waals surface area contributed by atoms with Gasteiger partial charge in [0.15, 0.2) is 0 Å². The van der Waals surface area contributed by atoms with Gasteiger partial charge in [-0.05, 0) is 69.0 Å². The Labute approximate surface area is 175 Å². The molecule has 0 radical (unpaired) electrons. The van der Waals surface area contributed by atoms with Crippen LogP contribution in [0.1, 0.15) is 58.0 Å². The second-order valence-electron chi connectivity index (χ2n) is 6.82. The van der Waals surface area contributed by atoms with Crippen LogP contribution in [0.4, 0.5) is 0 Å². The van der Waals surface area contributed by atoms with Gasteiger partial charge in [-0.15, -0.1) is 34.0 Å². The minimum absolute atomic E-state index is 0.843. The standard InChI is InChI=1S/C22H28S4/c1-17-10-11-18(24-17)8-6-4-2-3-5-7-9-19-12-14-21(25-19)22-15-13-20(16-23)26-22/h10-15,23H,2-9,16H2,1H3. The smallest absolute Gasteiger partial charge is 0.0445 e. The molecule has 3 aromatic heterocycles. The molecule has 4 heteroatoms. The molecule has 140 valence electrons. The molecule has 0 aliphatic heterocycles. The first-order chi connectivity index (χ1) is 12.7. The molecule has 0 N–H and O–H groups in total. The van der Waals surface area contributed by atoms with Gasteiger partial charge in [0.1, 0.15) is 0 Å². The van der Waals surface area contributed by atoms with Crippen LogP contribution in [0.5, 0.6) is 0 Å². The molecule has 0 saturated heterocycles. The second kappa shape index (κ2) is 10.7. The van der Waals surface area contributed by atoms with Crippen LogP contribution in [0.3, 0.4) is 0 Å². The Morgan fingerprint density at radius 2 is 1.12 bits per heavy atom. The van der Waals surface area contributed by atoms with E-state index < -0.39 is 0 Å². The lowest BCUT2D eigenvalue weighted by atomic mass is 10.1. The third kappa shape index (κ3) is 6.26. The van der Waals surface area contributed by atoms with E-state index in [-0.39, 0.29) is 0 Å². The van der Waals surface area contributed by atoms with Crippen LogP contribution >= 0.6 is 46.6 Å². The van der Waals surface area contributed by atoms with Crippen molar-refractivity contribution >= 4 is 46.6 Å². The average Bonchev–Trinajstić information content (AvgIpc) is 3.37. The summed E-state index contributed by atoms with van der Waals surface area (Å²) in [6.07, 6.45) is 10.7. The lowest BCUT2D eigenvalue weighted by Crippen LogP contribution is -1.85. The third-order valence-corrected chi connectivity index (χ3v) is 8.66. The predicted molar refractivity (Wildman–Crippen MR) is 124 cm³/mol. The van der Waals surface area contributed by atoms with E-state index in [9.17, 15) is 0 Å². The van der Waals surface area contributed by atoms with Crippen molar-refractivity contribution in [1.82, 2.24) is 0 Å². The fraction of sp³-hybridized carbons (Fsp3) is 0.455. The van der Waals surface area contributed by atoms with Crippen LogP contribution in [0.2, 0.25) is 0 Å². The SMILES string of the molecule is Cc1ccc(CCCCCCCCc2ccc(-c3ccc(CS)s3)s2)s1. The Balaban J connectivity index is 1.27. The van der Waals surface area contributed by atoms with E-state index in [1.54, 1.807) is 4.88 Å².